The van der Waals surface area contributed by atoms with E-state index < -0.39 is 0 Å². The molecule has 1 aromatic carbocycles. The zero-order valence-corrected chi connectivity index (χ0v) is 7.28. The van der Waals surface area contributed by atoms with Crippen LogP contribution in [0.5, 0.6) is 0 Å². The van der Waals surface area contributed by atoms with E-state index in [-0.39, 0.29) is 0 Å². The third-order valence-electron chi connectivity index (χ3n) is 1.87. The van der Waals surface area contributed by atoms with Crippen molar-refractivity contribution in [2.45, 2.75) is 0 Å². The molecular weight excluding hydrogens is 164 g/mol. The number of nitrogens with zero attached hydrogens (tertiary/aromatic N) is 2. The van der Waals surface area contributed by atoms with Gasteiger partial charge in [0.2, 0.25) is 0 Å². The third-order valence-corrected chi connectivity index (χ3v) is 1.87. The van der Waals surface area contributed by atoms with Gasteiger partial charge in [-0.2, -0.15) is 5.10 Å². The lowest BCUT2D eigenvalue weighted by Gasteiger charge is -2.04. The van der Waals surface area contributed by atoms with E-state index in [1.165, 1.54) is 6.33 Å². The van der Waals surface area contributed by atoms with Crippen LogP contribution in [-0.2, 0) is 0 Å². The zero-order valence-electron chi connectivity index (χ0n) is 7.28. The lowest BCUT2D eigenvalue weighted by atomic mass is 10.1. The summed E-state index contributed by atoms with van der Waals surface area (Å²) >= 11 is 0. The van der Waals surface area contributed by atoms with Crippen LogP contribution >= 0.6 is 0 Å². The Morgan fingerprint density at radius 1 is 1.31 bits per heavy atom. The fourth-order valence-electron chi connectivity index (χ4n) is 1.24. The zero-order chi connectivity index (χ0) is 9.10. The topological polar surface area (TPSA) is 53.6 Å². The highest BCUT2D eigenvalue weighted by Crippen LogP contribution is 2.23. The lowest BCUT2D eigenvalue weighted by molar-refractivity contribution is 1.10. The SMILES string of the molecule is CNc1ccccc1-c1ncn[nH]1. The van der Waals surface area contributed by atoms with Crippen LogP contribution in [0, 0.1) is 0 Å². The molecule has 0 saturated heterocycles. The first kappa shape index (κ1) is 7.79. The molecule has 0 unspecified atom stereocenters. The summed E-state index contributed by atoms with van der Waals surface area (Å²) < 4.78 is 0. The van der Waals surface area contributed by atoms with Crippen LogP contribution in [0.4, 0.5) is 5.69 Å². The summed E-state index contributed by atoms with van der Waals surface area (Å²) in [7, 11) is 1.88. The Balaban J connectivity index is 2.51. The number of hydrogen-bond acceptors (Lipinski definition) is 3. The van der Waals surface area contributed by atoms with E-state index >= 15 is 0 Å². The summed E-state index contributed by atoms with van der Waals surface area (Å²) in [6.07, 6.45) is 1.50. The van der Waals surface area contributed by atoms with Crippen molar-refractivity contribution in [3.05, 3.63) is 30.6 Å². The van der Waals surface area contributed by atoms with Crippen LogP contribution in [0.15, 0.2) is 30.6 Å². The molecule has 0 radical (unpaired) electrons. The minimum Gasteiger partial charge on any atom is -0.388 e. The minimum absolute atomic E-state index is 0.782. The fraction of sp³-hybridized carbons (Fsp3) is 0.111. The largest absolute Gasteiger partial charge is 0.388 e. The lowest BCUT2D eigenvalue weighted by Crippen LogP contribution is -1.92. The Hall–Kier alpha value is -1.84. The number of H-pyrrole nitrogens is 1. The van der Waals surface area contributed by atoms with Gasteiger partial charge >= 0.3 is 0 Å². The number of rotatable bonds is 2. The normalized spacial score (nSPS) is 9.92. The highest BCUT2D eigenvalue weighted by Gasteiger charge is 2.04. The first-order valence-corrected chi connectivity index (χ1v) is 4.04. The molecule has 66 valence electrons. The summed E-state index contributed by atoms with van der Waals surface area (Å²) in [4.78, 5) is 4.09. The number of aromatic amines is 1. The summed E-state index contributed by atoms with van der Waals surface area (Å²) in [5, 5.41) is 9.73. The second-order valence-corrected chi connectivity index (χ2v) is 2.63. The molecule has 1 aromatic heterocycles. The second-order valence-electron chi connectivity index (χ2n) is 2.63. The van der Waals surface area contributed by atoms with Gasteiger partial charge in [-0.25, -0.2) is 4.98 Å². The Morgan fingerprint density at radius 3 is 2.85 bits per heavy atom. The Kier molecular flexibility index (Phi) is 1.96. The van der Waals surface area contributed by atoms with Gasteiger partial charge in [0.15, 0.2) is 5.82 Å². The van der Waals surface area contributed by atoms with Gasteiger partial charge in [0.05, 0.1) is 0 Å². The standard InChI is InChI=1S/C9H10N4/c1-10-8-5-3-2-4-7(8)9-11-6-12-13-9/h2-6,10H,1H3,(H,11,12,13). The minimum atomic E-state index is 0.782. The summed E-state index contributed by atoms with van der Waals surface area (Å²) in [5.41, 5.74) is 2.07. The summed E-state index contributed by atoms with van der Waals surface area (Å²) in [6.45, 7) is 0. The molecule has 4 heteroatoms. The van der Waals surface area contributed by atoms with Crippen LogP contribution < -0.4 is 5.32 Å². The van der Waals surface area contributed by atoms with Crippen molar-refractivity contribution in [3.63, 3.8) is 0 Å². The molecule has 2 N–H and O–H groups in total. The van der Waals surface area contributed by atoms with Crippen molar-refractivity contribution >= 4 is 5.69 Å². The first-order chi connectivity index (χ1) is 6.42. The number of hydrogen-bond donors (Lipinski definition) is 2. The predicted octanol–water partition coefficient (Wildman–Crippen LogP) is 1.51. The van der Waals surface area contributed by atoms with Crippen LogP contribution in [0.2, 0.25) is 0 Å². The van der Waals surface area contributed by atoms with Crippen LogP contribution in [0.1, 0.15) is 0 Å². The molecule has 2 rings (SSSR count). The molecule has 0 saturated carbocycles. The van der Waals surface area contributed by atoms with Gasteiger partial charge in [-0.05, 0) is 12.1 Å². The third kappa shape index (κ3) is 1.38. The van der Waals surface area contributed by atoms with Gasteiger partial charge in [0.25, 0.3) is 0 Å². The van der Waals surface area contributed by atoms with Crippen molar-refractivity contribution in [2.75, 3.05) is 12.4 Å². The molecule has 0 aliphatic heterocycles. The Bertz CT molecular complexity index is 380. The van der Waals surface area contributed by atoms with Gasteiger partial charge in [-0.1, -0.05) is 12.1 Å². The highest BCUT2D eigenvalue weighted by molar-refractivity contribution is 5.72. The summed E-state index contributed by atoms with van der Waals surface area (Å²) in [6, 6.07) is 7.94. The van der Waals surface area contributed by atoms with E-state index in [0.717, 1.165) is 17.1 Å². The molecule has 0 spiro atoms. The van der Waals surface area contributed by atoms with Crippen molar-refractivity contribution < 1.29 is 0 Å². The van der Waals surface area contributed by atoms with Gasteiger partial charge in [-0.15, -0.1) is 0 Å². The summed E-state index contributed by atoms with van der Waals surface area (Å²) in [5.74, 6) is 0.782. The van der Waals surface area contributed by atoms with E-state index in [9.17, 15) is 0 Å². The number of aromatic nitrogens is 3. The average molecular weight is 174 g/mol. The van der Waals surface area contributed by atoms with E-state index in [1.54, 1.807) is 0 Å². The van der Waals surface area contributed by atoms with Gasteiger partial charge in [0, 0.05) is 18.3 Å². The Morgan fingerprint density at radius 2 is 2.15 bits per heavy atom. The molecule has 0 atom stereocenters. The first-order valence-electron chi connectivity index (χ1n) is 4.04. The van der Waals surface area contributed by atoms with Gasteiger partial charge in [-0.3, -0.25) is 5.10 Å². The number of benzene rings is 1. The Labute approximate surface area is 76.0 Å². The van der Waals surface area contributed by atoms with E-state index in [4.69, 9.17) is 0 Å². The monoisotopic (exact) mass is 174 g/mol. The van der Waals surface area contributed by atoms with E-state index in [2.05, 4.69) is 20.5 Å². The smallest absolute Gasteiger partial charge is 0.157 e. The number of para-hydroxylation sites is 1. The maximum absolute atomic E-state index is 4.09. The molecule has 4 nitrogen and oxygen atoms in total. The second kappa shape index (κ2) is 3.26. The molecule has 0 aliphatic rings. The predicted molar refractivity (Wildman–Crippen MR) is 51.4 cm³/mol. The molecule has 0 bridgehead atoms. The maximum atomic E-state index is 4.09. The van der Waals surface area contributed by atoms with Crippen molar-refractivity contribution in [2.24, 2.45) is 0 Å². The number of nitrogens with one attached hydrogen (secondary N) is 2. The molecule has 13 heavy (non-hydrogen) atoms. The van der Waals surface area contributed by atoms with Crippen molar-refractivity contribution in [3.8, 4) is 11.4 Å². The quantitative estimate of drug-likeness (QED) is 0.725. The van der Waals surface area contributed by atoms with Crippen LogP contribution in [-0.4, -0.2) is 22.2 Å². The molecule has 0 amide bonds. The molecular formula is C9H10N4. The maximum Gasteiger partial charge on any atom is 0.157 e. The number of anilines is 1. The van der Waals surface area contributed by atoms with Crippen molar-refractivity contribution in [1.82, 2.24) is 15.2 Å². The van der Waals surface area contributed by atoms with Gasteiger partial charge < -0.3 is 5.32 Å². The molecule has 0 fully saturated rings. The molecule has 1 heterocycles. The van der Waals surface area contributed by atoms with Gasteiger partial charge in [0.1, 0.15) is 6.33 Å². The van der Waals surface area contributed by atoms with Crippen LogP contribution in [0.25, 0.3) is 11.4 Å². The van der Waals surface area contributed by atoms with E-state index in [0.29, 0.717) is 0 Å². The van der Waals surface area contributed by atoms with Crippen LogP contribution in [0.3, 0.4) is 0 Å². The van der Waals surface area contributed by atoms with E-state index in [1.807, 2.05) is 31.3 Å². The van der Waals surface area contributed by atoms with Crippen molar-refractivity contribution in [1.29, 1.82) is 0 Å². The molecule has 0 aliphatic carbocycles. The average Bonchev–Trinajstić information content (AvgIpc) is 2.70. The highest BCUT2D eigenvalue weighted by atomic mass is 15.2. The molecule has 2 aromatic rings. The fourth-order valence-corrected chi connectivity index (χ4v) is 1.24.